The molecule has 21 heavy (non-hydrogen) atoms. The van der Waals surface area contributed by atoms with Crippen molar-refractivity contribution in [1.29, 1.82) is 0 Å². The van der Waals surface area contributed by atoms with E-state index in [2.05, 4.69) is 36.4 Å². The maximum absolute atomic E-state index is 11.8. The predicted octanol–water partition coefficient (Wildman–Crippen LogP) is 5.32. The van der Waals surface area contributed by atoms with Gasteiger partial charge in [-0.05, 0) is 79.6 Å². The Morgan fingerprint density at radius 3 is 2.67 bits per heavy atom. The molecule has 0 amide bonds. The third kappa shape index (κ3) is 1.96. The second-order valence-corrected chi connectivity index (χ2v) is 10.1. The van der Waals surface area contributed by atoms with Gasteiger partial charge in [-0.25, -0.2) is 0 Å². The van der Waals surface area contributed by atoms with Gasteiger partial charge < -0.3 is 0 Å². The Balaban J connectivity index is 1.69. The molecule has 6 atom stereocenters. The minimum absolute atomic E-state index is 0.349. The fourth-order valence-corrected chi connectivity index (χ4v) is 7.63. The van der Waals surface area contributed by atoms with E-state index < -0.39 is 0 Å². The Kier molecular flexibility index (Phi) is 3.37. The van der Waals surface area contributed by atoms with Gasteiger partial charge in [-0.3, -0.25) is 4.79 Å². The van der Waals surface area contributed by atoms with Gasteiger partial charge in [0.2, 0.25) is 0 Å². The molecule has 0 spiro atoms. The molecular formula is C19H27IO. The Morgan fingerprint density at radius 1 is 1.05 bits per heavy atom. The van der Waals surface area contributed by atoms with E-state index in [4.69, 9.17) is 0 Å². The zero-order valence-corrected chi connectivity index (χ0v) is 15.5. The molecule has 0 aromatic rings. The quantitative estimate of drug-likeness (QED) is 0.400. The van der Waals surface area contributed by atoms with Gasteiger partial charge in [-0.2, -0.15) is 0 Å². The molecule has 0 aliphatic heterocycles. The molecule has 0 unspecified atom stereocenters. The monoisotopic (exact) mass is 396 g/mol. The van der Waals surface area contributed by atoms with Gasteiger partial charge in [0.15, 0.2) is 5.78 Å². The molecule has 4 aliphatic carbocycles. The number of ketones is 1. The molecule has 4 aliphatic rings. The Hall–Kier alpha value is 0.140. The van der Waals surface area contributed by atoms with E-state index in [1.54, 1.807) is 0 Å². The SMILES string of the molecule is C[C@]12CC[C@H]3[C@@H](CCC4=CC(=O)CC[C@@]43C)[C@@H]1CC[C@@H]2[125I]. The Labute approximate surface area is 142 Å². The minimum atomic E-state index is 0.349. The number of rotatable bonds is 0. The van der Waals surface area contributed by atoms with Gasteiger partial charge in [0.05, 0.1) is 0 Å². The van der Waals surface area contributed by atoms with E-state index in [0.717, 1.165) is 34.5 Å². The first-order valence-electron chi connectivity index (χ1n) is 8.83. The highest BCUT2D eigenvalue weighted by Crippen LogP contribution is 2.66. The molecule has 3 saturated carbocycles. The van der Waals surface area contributed by atoms with Crippen LogP contribution in [0.25, 0.3) is 0 Å². The Bertz CT molecular complexity index is 510. The summed E-state index contributed by atoms with van der Waals surface area (Å²) in [6.07, 6.45) is 12.2. The van der Waals surface area contributed by atoms with Crippen LogP contribution in [0.5, 0.6) is 0 Å². The molecule has 0 aromatic carbocycles. The van der Waals surface area contributed by atoms with Crippen LogP contribution < -0.4 is 0 Å². The molecule has 0 aromatic heterocycles. The average molecular weight is 396 g/mol. The van der Waals surface area contributed by atoms with Crippen LogP contribution in [0, 0.1) is 28.6 Å². The maximum Gasteiger partial charge on any atom is 0.155 e. The van der Waals surface area contributed by atoms with Crippen molar-refractivity contribution in [2.24, 2.45) is 28.6 Å². The van der Waals surface area contributed by atoms with Crippen molar-refractivity contribution in [3.63, 3.8) is 0 Å². The number of fused-ring (bicyclic) bond motifs is 5. The molecule has 0 N–H and O–H groups in total. The molecule has 0 saturated heterocycles. The average Bonchev–Trinajstić information content (AvgIpc) is 2.76. The third-order valence-electron chi connectivity index (χ3n) is 7.85. The van der Waals surface area contributed by atoms with Crippen molar-refractivity contribution in [3.05, 3.63) is 11.6 Å². The summed E-state index contributed by atoms with van der Waals surface area (Å²) in [7, 11) is 0. The number of hydrogen-bond acceptors (Lipinski definition) is 1. The largest absolute Gasteiger partial charge is 0.295 e. The van der Waals surface area contributed by atoms with Crippen LogP contribution in [0.4, 0.5) is 0 Å². The van der Waals surface area contributed by atoms with Gasteiger partial charge in [0.25, 0.3) is 0 Å². The highest BCUT2D eigenvalue weighted by atomic mass is 125. The van der Waals surface area contributed by atoms with Crippen LogP contribution in [0.15, 0.2) is 11.6 Å². The van der Waals surface area contributed by atoms with Crippen molar-refractivity contribution >= 4 is 28.4 Å². The summed E-state index contributed by atoms with van der Waals surface area (Å²) in [6, 6.07) is 0. The van der Waals surface area contributed by atoms with Crippen LogP contribution in [0.3, 0.4) is 0 Å². The number of carbonyl (C=O) groups excluding carboxylic acids is 1. The first-order valence-corrected chi connectivity index (χ1v) is 10.1. The van der Waals surface area contributed by atoms with Gasteiger partial charge in [0, 0.05) is 10.3 Å². The highest BCUT2D eigenvalue weighted by Gasteiger charge is 2.58. The molecule has 1 nitrogen and oxygen atoms in total. The van der Waals surface area contributed by atoms with E-state index in [0.29, 0.717) is 16.6 Å². The summed E-state index contributed by atoms with van der Waals surface area (Å²) >= 11 is 2.73. The van der Waals surface area contributed by atoms with Crippen LogP contribution in [-0.2, 0) is 4.79 Å². The summed E-state index contributed by atoms with van der Waals surface area (Å²) in [4.78, 5) is 11.8. The lowest BCUT2D eigenvalue weighted by molar-refractivity contribution is -0.117. The first-order chi connectivity index (χ1) is 9.95. The van der Waals surface area contributed by atoms with Crippen molar-refractivity contribution in [1.82, 2.24) is 0 Å². The van der Waals surface area contributed by atoms with Crippen LogP contribution in [-0.4, -0.2) is 9.71 Å². The van der Waals surface area contributed by atoms with Gasteiger partial charge in [-0.15, -0.1) is 0 Å². The van der Waals surface area contributed by atoms with E-state index in [-0.39, 0.29) is 0 Å². The highest BCUT2D eigenvalue weighted by molar-refractivity contribution is 14.1. The van der Waals surface area contributed by atoms with E-state index >= 15 is 0 Å². The second kappa shape index (κ2) is 4.82. The smallest absolute Gasteiger partial charge is 0.155 e. The van der Waals surface area contributed by atoms with Gasteiger partial charge >= 0.3 is 0 Å². The molecule has 0 heterocycles. The summed E-state index contributed by atoms with van der Waals surface area (Å²) in [6.45, 7) is 5.07. The predicted molar refractivity (Wildman–Crippen MR) is 94.5 cm³/mol. The van der Waals surface area contributed by atoms with E-state index in [1.807, 2.05) is 6.08 Å². The maximum atomic E-state index is 11.8. The molecule has 0 radical (unpaired) electrons. The van der Waals surface area contributed by atoms with Gasteiger partial charge in [-0.1, -0.05) is 42.0 Å². The zero-order chi connectivity index (χ0) is 14.8. The Morgan fingerprint density at radius 2 is 1.86 bits per heavy atom. The number of allylic oxidation sites excluding steroid dienone is 1. The third-order valence-corrected chi connectivity index (χ3v) is 9.89. The standard InChI is InChI=1S/C19H27IO/c1-18-9-7-13(21)11-12(18)3-4-14-15-5-6-17(20)19(15,2)10-8-16(14)18/h11,14-17H,3-10H2,1-2H3/t14-,15-,16-,17-,18-,19-/m0/s1/i20-2. The summed E-state index contributed by atoms with van der Waals surface area (Å²) in [5.41, 5.74) is 2.46. The lowest BCUT2D eigenvalue weighted by Gasteiger charge is -2.57. The zero-order valence-electron chi connectivity index (χ0n) is 13.3. The lowest BCUT2D eigenvalue weighted by atomic mass is 9.47. The van der Waals surface area contributed by atoms with E-state index in [9.17, 15) is 4.79 Å². The van der Waals surface area contributed by atoms with Crippen molar-refractivity contribution in [3.8, 4) is 0 Å². The van der Waals surface area contributed by atoms with E-state index in [1.165, 1.54) is 44.1 Å². The molecular weight excluding hydrogens is 369 g/mol. The summed E-state index contributed by atoms with van der Waals surface area (Å²) < 4.78 is 0.888. The summed E-state index contributed by atoms with van der Waals surface area (Å²) in [5.74, 6) is 3.12. The fraction of sp³-hybridized carbons (Fsp3) is 0.842. The van der Waals surface area contributed by atoms with Crippen molar-refractivity contribution < 1.29 is 4.79 Å². The van der Waals surface area contributed by atoms with Crippen LogP contribution in [0.2, 0.25) is 0 Å². The summed E-state index contributed by atoms with van der Waals surface area (Å²) in [5, 5.41) is 0. The second-order valence-electron chi connectivity index (χ2n) is 8.56. The molecule has 3 fully saturated rings. The topological polar surface area (TPSA) is 17.1 Å². The van der Waals surface area contributed by atoms with Crippen LogP contribution in [0.1, 0.15) is 65.2 Å². The first kappa shape index (κ1) is 14.7. The fourth-order valence-electron chi connectivity index (χ4n) is 6.50. The number of alkyl halides is 1. The molecule has 116 valence electrons. The molecule has 2 heteroatoms. The number of hydrogen-bond donors (Lipinski definition) is 0. The minimum Gasteiger partial charge on any atom is -0.295 e. The van der Waals surface area contributed by atoms with Crippen LogP contribution >= 0.6 is 22.6 Å². The number of halogens is 1. The molecule has 0 bridgehead atoms. The van der Waals surface area contributed by atoms with Gasteiger partial charge in [0.1, 0.15) is 0 Å². The number of carbonyl (C=O) groups is 1. The normalized spacial score (nSPS) is 52.7. The van der Waals surface area contributed by atoms with Crippen molar-refractivity contribution in [2.45, 2.75) is 69.1 Å². The van der Waals surface area contributed by atoms with Crippen molar-refractivity contribution in [2.75, 3.05) is 0 Å². The lowest BCUT2D eigenvalue weighted by Crippen LogP contribution is -2.50. The molecule has 4 rings (SSSR count).